The molecule has 7 nitrogen and oxygen atoms in total. The summed E-state index contributed by atoms with van der Waals surface area (Å²) in [6.45, 7) is 4.31. The van der Waals surface area contributed by atoms with Crippen molar-refractivity contribution in [1.82, 2.24) is 20.4 Å². The molecule has 2 aromatic carbocycles. The highest BCUT2D eigenvalue weighted by Gasteiger charge is 2.21. The molecule has 0 amide bonds. The molecule has 0 unspecified atom stereocenters. The highest BCUT2D eigenvalue weighted by Crippen LogP contribution is 2.32. The van der Waals surface area contributed by atoms with Crippen LogP contribution in [0.25, 0.3) is 21.8 Å². The molecule has 0 aliphatic rings. The number of ether oxygens (including phenoxy) is 1. The van der Waals surface area contributed by atoms with Crippen molar-refractivity contribution < 1.29 is 9.53 Å². The lowest BCUT2D eigenvalue weighted by Gasteiger charge is -2.11. The van der Waals surface area contributed by atoms with Crippen molar-refractivity contribution in [3.8, 4) is 0 Å². The number of aromatic amines is 2. The van der Waals surface area contributed by atoms with Gasteiger partial charge in [0.1, 0.15) is 0 Å². The molecule has 2 heterocycles. The second kappa shape index (κ2) is 7.40. The van der Waals surface area contributed by atoms with E-state index in [2.05, 4.69) is 34.2 Å². The highest BCUT2D eigenvalue weighted by atomic mass is 35.5. The normalized spacial score (nSPS) is 11.6. The van der Waals surface area contributed by atoms with E-state index in [-0.39, 0.29) is 0 Å². The summed E-state index contributed by atoms with van der Waals surface area (Å²) in [4.78, 5) is 12.4. The molecule has 0 bridgehead atoms. The van der Waals surface area contributed by atoms with Crippen LogP contribution in [0.1, 0.15) is 41.0 Å². The van der Waals surface area contributed by atoms with E-state index in [1.54, 1.807) is 12.1 Å². The molecule has 0 aliphatic carbocycles. The Hall–Kier alpha value is -3.06. The van der Waals surface area contributed by atoms with Gasteiger partial charge in [0, 0.05) is 27.9 Å². The number of benzene rings is 2. The first-order valence-corrected chi connectivity index (χ1v) is 9.76. The van der Waals surface area contributed by atoms with Gasteiger partial charge in [-0.15, -0.1) is 0 Å². The fourth-order valence-corrected chi connectivity index (χ4v) is 4.03. The van der Waals surface area contributed by atoms with Gasteiger partial charge >= 0.3 is 5.97 Å². The van der Waals surface area contributed by atoms with Gasteiger partial charge in [0.05, 0.1) is 23.7 Å². The number of carbonyl (C=O) groups excluding carboxylic acids is 1. The number of anilines is 1. The van der Waals surface area contributed by atoms with Crippen molar-refractivity contribution in [2.24, 2.45) is 5.92 Å². The summed E-state index contributed by atoms with van der Waals surface area (Å²) in [5.41, 5.74) is 10.8. The predicted molar refractivity (Wildman–Crippen MR) is 114 cm³/mol. The lowest BCUT2D eigenvalue weighted by atomic mass is 9.94. The topological polar surface area (TPSA) is 110 Å². The molecular weight excluding hydrogens is 390 g/mol. The average molecular weight is 412 g/mol. The molecular formula is C21H22ClN5O2. The van der Waals surface area contributed by atoms with Crippen LogP contribution >= 0.6 is 11.6 Å². The van der Waals surface area contributed by atoms with Crippen molar-refractivity contribution in [3.63, 3.8) is 0 Å². The van der Waals surface area contributed by atoms with E-state index in [1.807, 2.05) is 12.1 Å². The van der Waals surface area contributed by atoms with Crippen LogP contribution in [0.3, 0.4) is 0 Å². The molecule has 0 saturated heterocycles. The van der Waals surface area contributed by atoms with Gasteiger partial charge in [0.15, 0.2) is 5.82 Å². The van der Waals surface area contributed by atoms with Crippen LogP contribution in [0.2, 0.25) is 5.02 Å². The van der Waals surface area contributed by atoms with Gasteiger partial charge in [-0.25, -0.2) is 4.79 Å². The van der Waals surface area contributed by atoms with Gasteiger partial charge in [-0.2, -0.15) is 10.2 Å². The van der Waals surface area contributed by atoms with Crippen LogP contribution in [-0.2, 0) is 17.6 Å². The van der Waals surface area contributed by atoms with Crippen molar-refractivity contribution in [3.05, 3.63) is 51.7 Å². The molecule has 150 valence electrons. The summed E-state index contributed by atoms with van der Waals surface area (Å²) >= 11 is 6.44. The summed E-state index contributed by atoms with van der Waals surface area (Å²) in [5, 5.41) is 17.0. The summed E-state index contributed by atoms with van der Waals surface area (Å²) in [6, 6.07) is 7.30. The predicted octanol–water partition coefficient (Wildman–Crippen LogP) is 4.25. The molecule has 0 spiro atoms. The number of carbonyl (C=O) groups is 1. The zero-order chi connectivity index (χ0) is 20.7. The first-order chi connectivity index (χ1) is 13.9. The maximum Gasteiger partial charge on any atom is 0.338 e. The third kappa shape index (κ3) is 3.42. The Morgan fingerprint density at radius 3 is 2.76 bits per heavy atom. The van der Waals surface area contributed by atoms with Crippen LogP contribution < -0.4 is 5.73 Å². The summed E-state index contributed by atoms with van der Waals surface area (Å²) in [7, 11) is 1.36. The van der Waals surface area contributed by atoms with Crippen molar-refractivity contribution in [2.45, 2.75) is 26.7 Å². The number of hydrogen-bond donors (Lipinski definition) is 3. The zero-order valence-corrected chi connectivity index (χ0v) is 17.2. The maximum atomic E-state index is 12.4. The Morgan fingerprint density at radius 1 is 1.24 bits per heavy atom. The van der Waals surface area contributed by atoms with E-state index < -0.39 is 5.97 Å². The number of hydrogen-bond acceptors (Lipinski definition) is 5. The molecule has 2 aromatic heterocycles. The standard InChI is InChI=1S/C21H22ClN5O2/c1-10(2)6-17-15-9-12(22)7-11(19(15)26-25-17)8-14-13(21(28)29-3)4-5-16-18(14)20(23)27-24-16/h4-5,7,9-10H,6,8H2,1-3H3,(H,25,26)(H3,23,24,27). The summed E-state index contributed by atoms with van der Waals surface area (Å²) in [5.74, 6) is 0.385. The third-order valence-corrected chi connectivity index (χ3v) is 5.25. The number of nitrogens with one attached hydrogen (secondary N) is 2. The van der Waals surface area contributed by atoms with E-state index in [0.29, 0.717) is 34.1 Å². The SMILES string of the molecule is COC(=O)c1ccc2[nH]nc(N)c2c1Cc1cc(Cl)cc2c(CC(C)C)[nH]nc12. The van der Waals surface area contributed by atoms with E-state index in [0.717, 1.165) is 39.7 Å². The van der Waals surface area contributed by atoms with Gasteiger partial charge in [0.2, 0.25) is 0 Å². The first kappa shape index (κ1) is 19.3. The number of halogens is 1. The fourth-order valence-electron chi connectivity index (χ4n) is 3.79. The monoisotopic (exact) mass is 411 g/mol. The Balaban J connectivity index is 1.91. The van der Waals surface area contributed by atoms with Crippen molar-refractivity contribution in [1.29, 1.82) is 0 Å². The average Bonchev–Trinajstić information content (AvgIpc) is 3.25. The Kier molecular flexibility index (Phi) is 4.92. The van der Waals surface area contributed by atoms with Crippen molar-refractivity contribution in [2.75, 3.05) is 12.8 Å². The number of nitrogens with two attached hydrogens (primary N) is 1. The number of fused-ring (bicyclic) bond motifs is 2. The van der Waals surface area contributed by atoms with Crippen LogP contribution in [-0.4, -0.2) is 33.5 Å². The zero-order valence-electron chi connectivity index (χ0n) is 16.5. The van der Waals surface area contributed by atoms with Crippen LogP contribution in [0.4, 0.5) is 5.82 Å². The summed E-state index contributed by atoms with van der Waals surface area (Å²) < 4.78 is 4.98. The van der Waals surface area contributed by atoms with Crippen LogP contribution in [0.15, 0.2) is 24.3 Å². The second-order valence-corrected chi connectivity index (χ2v) is 7.99. The molecule has 0 aliphatic heterocycles. The summed E-state index contributed by atoms with van der Waals surface area (Å²) in [6.07, 6.45) is 1.28. The van der Waals surface area contributed by atoms with E-state index in [4.69, 9.17) is 22.1 Å². The van der Waals surface area contributed by atoms with Gasteiger partial charge in [-0.3, -0.25) is 10.2 Å². The Labute approximate surface area is 172 Å². The number of H-pyrrole nitrogens is 2. The van der Waals surface area contributed by atoms with Crippen LogP contribution in [0, 0.1) is 5.92 Å². The molecule has 4 rings (SSSR count). The first-order valence-electron chi connectivity index (χ1n) is 9.38. The minimum atomic E-state index is -0.428. The smallest absolute Gasteiger partial charge is 0.338 e. The Bertz CT molecular complexity index is 1220. The fraction of sp³-hybridized carbons (Fsp3) is 0.286. The van der Waals surface area contributed by atoms with Crippen LogP contribution in [0.5, 0.6) is 0 Å². The van der Waals surface area contributed by atoms with Gasteiger partial charge in [-0.1, -0.05) is 25.4 Å². The van der Waals surface area contributed by atoms with Crippen molar-refractivity contribution >= 4 is 45.2 Å². The highest BCUT2D eigenvalue weighted by molar-refractivity contribution is 6.31. The van der Waals surface area contributed by atoms with Gasteiger partial charge in [0.25, 0.3) is 0 Å². The lowest BCUT2D eigenvalue weighted by molar-refractivity contribution is 0.0600. The quantitative estimate of drug-likeness (QED) is 0.425. The maximum absolute atomic E-state index is 12.4. The molecule has 0 atom stereocenters. The van der Waals surface area contributed by atoms with Gasteiger partial charge < -0.3 is 10.5 Å². The van der Waals surface area contributed by atoms with E-state index >= 15 is 0 Å². The number of nitrogens with zero attached hydrogens (tertiary/aromatic N) is 2. The molecule has 4 aromatic rings. The molecule has 4 N–H and O–H groups in total. The largest absolute Gasteiger partial charge is 0.465 e. The second-order valence-electron chi connectivity index (χ2n) is 7.55. The molecule has 0 saturated carbocycles. The van der Waals surface area contributed by atoms with Gasteiger partial charge in [-0.05, 0) is 47.7 Å². The molecule has 0 fully saturated rings. The Morgan fingerprint density at radius 2 is 2.03 bits per heavy atom. The van der Waals surface area contributed by atoms with E-state index in [9.17, 15) is 4.79 Å². The number of methoxy groups -OCH3 is 1. The van der Waals surface area contributed by atoms with E-state index in [1.165, 1.54) is 7.11 Å². The third-order valence-electron chi connectivity index (χ3n) is 5.03. The molecule has 0 radical (unpaired) electrons. The minimum Gasteiger partial charge on any atom is -0.465 e. The number of esters is 1. The minimum absolute atomic E-state index is 0.335. The molecule has 29 heavy (non-hydrogen) atoms. The number of rotatable bonds is 5. The number of aromatic nitrogens is 4. The number of nitrogen functional groups attached to an aromatic ring is 1. The molecule has 8 heteroatoms. The lowest BCUT2D eigenvalue weighted by Crippen LogP contribution is -2.07.